The van der Waals surface area contributed by atoms with Crippen LogP contribution in [0.1, 0.15) is 12.5 Å². The first-order valence-electron chi connectivity index (χ1n) is 10.7. The zero-order chi connectivity index (χ0) is 25.6. The molecule has 2 amide bonds. The highest BCUT2D eigenvalue weighted by molar-refractivity contribution is 7.92. The number of hydrogen-bond donors (Lipinski definition) is 1. The number of anilines is 1. The van der Waals surface area contributed by atoms with E-state index in [1.807, 2.05) is 0 Å². The minimum Gasteiger partial charge on any atom is -0.357 e. The molecule has 1 atom stereocenters. The zero-order valence-electron chi connectivity index (χ0n) is 19.2. The number of carbonyl (C=O) groups excluding carboxylic acids is 2. The van der Waals surface area contributed by atoms with E-state index in [-0.39, 0.29) is 22.7 Å². The van der Waals surface area contributed by atoms with Gasteiger partial charge >= 0.3 is 0 Å². The molecule has 0 spiro atoms. The van der Waals surface area contributed by atoms with E-state index < -0.39 is 40.2 Å². The highest BCUT2D eigenvalue weighted by atomic mass is 35.5. The van der Waals surface area contributed by atoms with Crippen LogP contribution in [0.3, 0.4) is 0 Å². The number of nitrogens with one attached hydrogen (secondary N) is 1. The van der Waals surface area contributed by atoms with Crippen LogP contribution in [-0.4, -0.2) is 44.8 Å². The largest absolute Gasteiger partial charge is 0.357 e. The van der Waals surface area contributed by atoms with Gasteiger partial charge in [-0.15, -0.1) is 0 Å². The third-order valence-corrected chi connectivity index (χ3v) is 7.48. The molecule has 35 heavy (non-hydrogen) atoms. The fourth-order valence-corrected chi connectivity index (χ4v) is 5.02. The number of likely N-dealkylation sites (N-methyl/N-ethyl adjacent to an activating group) is 1. The van der Waals surface area contributed by atoms with E-state index in [1.165, 1.54) is 68.6 Å². The molecule has 3 aromatic carbocycles. The van der Waals surface area contributed by atoms with Crippen LogP contribution in [-0.2, 0) is 26.2 Å². The molecule has 3 rings (SSSR count). The standard InChI is InChI=1S/C25H25ClFN3O4S/c1-18(25(32)28-2)29(16-19-8-6-7-11-23(19)27)24(31)17-30(21-14-12-20(26)13-15-21)35(33,34)22-9-4-3-5-10-22/h3-15,18H,16-17H2,1-2H3,(H,28,32)/t18-/m1/s1. The van der Waals surface area contributed by atoms with Crippen LogP contribution in [0.5, 0.6) is 0 Å². The van der Waals surface area contributed by atoms with Crippen LogP contribution >= 0.6 is 11.6 Å². The third kappa shape index (κ3) is 6.17. The Balaban J connectivity index is 2.02. The predicted molar refractivity (Wildman–Crippen MR) is 133 cm³/mol. The Hall–Kier alpha value is -3.43. The average molecular weight is 518 g/mol. The molecule has 0 aliphatic heterocycles. The highest BCUT2D eigenvalue weighted by Gasteiger charge is 2.32. The average Bonchev–Trinajstić information content (AvgIpc) is 2.86. The van der Waals surface area contributed by atoms with Crippen molar-refractivity contribution in [3.8, 4) is 0 Å². The quantitative estimate of drug-likeness (QED) is 0.467. The van der Waals surface area contributed by atoms with Gasteiger partial charge in [0.2, 0.25) is 11.8 Å². The lowest BCUT2D eigenvalue weighted by Gasteiger charge is -2.31. The first kappa shape index (κ1) is 26.2. The lowest BCUT2D eigenvalue weighted by atomic mass is 10.1. The van der Waals surface area contributed by atoms with Gasteiger partial charge in [0.1, 0.15) is 18.4 Å². The molecule has 0 aromatic heterocycles. The molecule has 0 aliphatic carbocycles. The number of amides is 2. The summed E-state index contributed by atoms with van der Waals surface area (Å²) in [7, 11) is -2.74. The molecule has 0 saturated carbocycles. The van der Waals surface area contributed by atoms with Crippen molar-refractivity contribution >= 4 is 39.1 Å². The minimum atomic E-state index is -4.16. The topological polar surface area (TPSA) is 86.8 Å². The molecule has 184 valence electrons. The molecule has 0 saturated heterocycles. The summed E-state index contributed by atoms with van der Waals surface area (Å²) in [6.07, 6.45) is 0. The smallest absolute Gasteiger partial charge is 0.264 e. The maximum absolute atomic E-state index is 14.4. The number of halogens is 2. The van der Waals surface area contributed by atoms with Gasteiger partial charge in [-0.3, -0.25) is 13.9 Å². The Morgan fingerprint density at radius 2 is 1.57 bits per heavy atom. The van der Waals surface area contributed by atoms with Crippen LogP contribution in [0.4, 0.5) is 10.1 Å². The summed E-state index contributed by atoms with van der Waals surface area (Å²) < 4.78 is 42.4. The van der Waals surface area contributed by atoms with E-state index in [1.54, 1.807) is 24.3 Å². The van der Waals surface area contributed by atoms with Gasteiger partial charge in [-0.1, -0.05) is 48.0 Å². The molecule has 0 fully saturated rings. The molecule has 0 unspecified atom stereocenters. The third-order valence-electron chi connectivity index (χ3n) is 5.44. The fourth-order valence-electron chi connectivity index (χ4n) is 3.46. The van der Waals surface area contributed by atoms with Crippen LogP contribution in [0.15, 0.2) is 83.8 Å². The fraction of sp³-hybridized carbons (Fsp3) is 0.200. The maximum Gasteiger partial charge on any atom is 0.264 e. The van der Waals surface area contributed by atoms with Crippen molar-refractivity contribution in [2.75, 3.05) is 17.9 Å². The van der Waals surface area contributed by atoms with E-state index in [9.17, 15) is 22.4 Å². The van der Waals surface area contributed by atoms with Gasteiger partial charge < -0.3 is 10.2 Å². The second kappa shape index (κ2) is 11.3. The van der Waals surface area contributed by atoms with Crippen molar-refractivity contribution in [1.82, 2.24) is 10.2 Å². The highest BCUT2D eigenvalue weighted by Crippen LogP contribution is 2.26. The van der Waals surface area contributed by atoms with Gasteiger partial charge in [0.25, 0.3) is 10.0 Å². The first-order valence-corrected chi connectivity index (χ1v) is 12.5. The van der Waals surface area contributed by atoms with Crippen molar-refractivity contribution in [2.24, 2.45) is 0 Å². The lowest BCUT2D eigenvalue weighted by Crippen LogP contribution is -2.50. The number of benzene rings is 3. The Labute approximate surface area is 209 Å². The molecular formula is C25H25ClFN3O4S. The lowest BCUT2D eigenvalue weighted by molar-refractivity contribution is -0.139. The summed E-state index contributed by atoms with van der Waals surface area (Å²) in [6, 6.07) is 18.6. The molecule has 1 N–H and O–H groups in total. The molecule has 0 radical (unpaired) electrons. The molecule has 7 nitrogen and oxygen atoms in total. The van der Waals surface area contributed by atoms with Crippen LogP contribution in [0.25, 0.3) is 0 Å². The molecule has 3 aromatic rings. The molecular weight excluding hydrogens is 493 g/mol. The van der Waals surface area contributed by atoms with Gasteiger partial charge in [0, 0.05) is 24.2 Å². The van der Waals surface area contributed by atoms with Gasteiger partial charge in [0.15, 0.2) is 0 Å². The second-order valence-electron chi connectivity index (χ2n) is 7.70. The van der Waals surface area contributed by atoms with Crippen LogP contribution < -0.4 is 9.62 Å². The van der Waals surface area contributed by atoms with E-state index in [0.717, 1.165) is 9.21 Å². The Morgan fingerprint density at radius 3 is 2.17 bits per heavy atom. The SMILES string of the molecule is CNC(=O)[C@@H](C)N(Cc1ccccc1F)C(=O)CN(c1ccc(Cl)cc1)S(=O)(=O)c1ccccc1. The van der Waals surface area contributed by atoms with Crippen molar-refractivity contribution in [1.29, 1.82) is 0 Å². The molecule has 0 heterocycles. The normalized spacial score (nSPS) is 12.0. The maximum atomic E-state index is 14.4. The van der Waals surface area contributed by atoms with E-state index in [0.29, 0.717) is 5.02 Å². The van der Waals surface area contributed by atoms with E-state index in [4.69, 9.17) is 11.6 Å². The minimum absolute atomic E-state index is 0.0113. The van der Waals surface area contributed by atoms with Crippen LogP contribution in [0.2, 0.25) is 5.02 Å². The molecule has 10 heteroatoms. The summed E-state index contributed by atoms with van der Waals surface area (Å²) in [5.41, 5.74) is 0.408. The Morgan fingerprint density at radius 1 is 0.971 bits per heavy atom. The van der Waals surface area contributed by atoms with Crippen molar-refractivity contribution < 1.29 is 22.4 Å². The number of sulfonamides is 1. The number of rotatable bonds is 9. The van der Waals surface area contributed by atoms with E-state index in [2.05, 4.69) is 5.32 Å². The van der Waals surface area contributed by atoms with Gasteiger partial charge in [-0.05, 0) is 49.4 Å². The summed E-state index contributed by atoms with van der Waals surface area (Å²) in [5, 5.41) is 2.87. The zero-order valence-corrected chi connectivity index (χ0v) is 20.8. The summed E-state index contributed by atoms with van der Waals surface area (Å²) in [5.74, 6) is -1.70. The van der Waals surface area contributed by atoms with Gasteiger partial charge in [-0.25, -0.2) is 12.8 Å². The monoisotopic (exact) mass is 517 g/mol. The predicted octanol–water partition coefficient (Wildman–Crippen LogP) is 3.84. The first-order chi connectivity index (χ1) is 16.6. The van der Waals surface area contributed by atoms with Gasteiger partial charge in [0.05, 0.1) is 10.6 Å². The van der Waals surface area contributed by atoms with Crippen molar-refractivity contribution in [2.45, 2.75) is 24.4 Å². The summed E-state index contributed by atoms with van der Waals surface area (Å²) in [6.45, 7) is 0.657. The molecule has 0 aliphatic rings. The summed E-state index contributed by atoms with van der Waals surface area (Å²) in [4.78, 5) is 27.1. The number of nitrogens with zero attached hydrogens (tertiary/aromatic N) is 2. The summed E-state index contributed by atoms with van der Waals surface area (Å²) >= 11 is 5.98. The second-order valence-corrected chi connectivity index (χ2v) is 10.0. The van der Waals surface area contributed by atoms with Crippen molar-refractivity contribution in [3.63, 3.8) is 0 Å². The van der Waals surface area contributed by atoms with Crippen molar-refractivity contribution in [3.05, 3.63) is 95.3 Å². The molecule has 0 bridgehead atoms. The number of hydrogen-bond acceptors (Lipinski definition) is 4. The van der Waals surface area contributed by atoms with Crippen LogP contribution in [0, 0.1) is 5.82 Å². The van der Waals surface area contributed by atoms with Gasteiger partial charge in [-0.2, -0.15) is 0 Å². The Bertz CT molecular complexity index is 1290. The van der Waals surface area contributed by atoms with E-state index >= 15 is 0 Å². The number of carbonyl (C=O) groups is 2. The Kier molecular flexibility index (Phi) is 8.48.